The van der Waals surface area contributed by atoms with Gasteiger partial charge in [-0.1, -0.05) is 24.3 Å². The lowest BCUT2D eigenvalue weighted by atomic mass is 10.2. The zero-order chi connectivity index (χ0) is 15.4. The Hall–Kier alpha value is -2.34. The molecule has 2 aromatic carbocycles. The fourth-order valence-corrected chi connectivity index (χ4v) is 2.29. The van der Waals surface area contributed by atoms with Gasteiger partial charge in [0.1, 0.15) is 18.5 Å². The first-order chi connectivity index (χ1) is 10.7. The molecule has 1 aliphatic heterocycles. The maximum atomic E-state index is 13.5. The molecule has 1 unspecified atom stereocenters. The molecular formula is C16H15FN2O2S. The van der Waals surface area contributed by atoms with Crippen molar-refractivity contribution in [1.29, 1.82) is 0 Å². The molecule has 0 amide bonds. The number of hydrogen-bond acceptors (Lipinski definition) is 3. The molecule has 1 heterocycles. The summed E-state index contributed by atoms with van der Waals surface area (Å²) in [5.74, 6) is 1.11. The summed E-state index contributed by atoms with van der Waals surface area (Å²) in [5, 5.41) is 6.17. The molecule has 3 rings (SSSR count). The van der Waals surface area contributed by atoms with Gasteiger partial charge in [-0.05, 0) is 36.5 Å². The predicted molar refractivity (Wildman–Crippen MR) is 87.0 cm³/mol. The first kappa shape index (κ1) is 14.6. The van der Waals surface area contributed by atoms with Crippen molar-refractivity contribution < 1.29 is 13.9 Å². The van der Waals surface area contributed by atoms with E-state index in [0.717, 1.165) is 5.75 Å². The normalized spacial score (nSPS) is 16.0. The van der Waals surface area contributed by atoms with Gasteiger partial charge < -0.3 is 20.1 Å². The molecule has 6 heteroatoms. The van der Waals surface area contributed by atoms with Crippen molar-refractivity contribution >= 4 is 23.0 Å². The molecule has 22 heavy (non-hydrogen) atoms. The summed E-state index contributed by atoms with van der Waals surface area (Å²) in [7, 11) is 0. The molecule has 1 atom stereocenters. The van der Waals surface area contributed by atoms with Crippen LogP contribution in [-0.2, 0) is 0 Å². The summed E-state index contributed by atoms with van der Waals surface area (Å²) in [6, 6.07) is 13.9. The first-order valence-corrected chi connectivity index (χ1v) is 7.31. The van der Waals surface area contributed by atoms with E-state index < -0.39 is 0 Å². The third kappa shape index (κ3) is 3.46. The average Bonchev–Trinajstić information content (AvgIpc) is 2.55. The highest BCUT2D eigenvalue weighted by atomic mass is 32.1. The van der Waals surface area contributed by atoms with Gasteiger partial charge in [0.05, 0.1) is 12.2 Å². The summed E-state index contributed by atoms with van der Waals surface area (Å²) in [6.07, 6.45) is -0.157. The summed E-state index contributed by atoms with van der Waals surface area (Å²) >= 11 is 5.16. The number of thiocarbonyl (C=S) groups is 1. The van der Waals surface area contributed by atoms with Crippen molar-refractivity contribution in [2.45, 2.75) is 6.10 Å². The van der Waals surface area contributed by atoms with Crippen molar-refractivity contribution in [1.82, 2.24) is 5.32 Å². The van der Waals surface area contributed by atoms with Crippen LogP contribution in [0.3, 0.4) is 0 Å². The summed E-state index contributed by atoms with van der Waals surface area (Å²) in [6.45, 7) is 0.904. The van der Waals surface area contributed by atoms with Crippen LogP contribution < -0.4 is 20.1 Å². The lowest BCUT2D eigenvalue weighted by Crippen LogP contribution is -2.42. The Kier molecular flexibility index (Phi) is 4.39. The summed E-state index contributed by atoms with van der Waals surface area (Å²) < 4.78 is 24.9. The largest absolute Gasteiger partial charge is 0.486 e. The topological polar surface area (TPSA) is 42.5 Å². The van der Waals surface area contributed by atoms with Crippen LogP contribution in [0.2, 0.25) is 0 Å². The zero-order valence-corrected chi connectivity index (χ0v) is 12.5. The van der Waals surface area contributed by atoms with Crippen LogP contribution in [0.5, 0.6) is 11.5 Å². The van der Waals surface area contributed by atoms with E-state index in [1.807, 2.05) is 24.3 Å². The third-order valence-electron chi connectivity index (χ3n) is 3.18. The first-order valence-electron chi connectivity index (χ1n) is 6.90. The molecule has 1 aliphatic rings. The van der Waals surface area contributed by atoms with Gasteiger partial charge in [-0.25, -0.2) is 4.39 Å². The van der Waals surface area contributed by atoms with Gasteiger partial charge in [0.15, 0.2) is 16.6 Å². The molecule has 0 fully saturated rings. The highest BCUT2D eigenvalue weighted by molar-refractivity contribution is 7.80. The van der Waals surface area contributed by atoms with Crippen molar-refractivity contribution in [2.75, 3.05) is 18.5 Å². The van der Waals surface area contributed by atoms with E-state index in [1.54, 1.807) is 18.2 Å². The van der Waals surface area contributed by atoms with E-state index in [1.165, 1.54) is 6.07 Å². The zero-order valence-electron chi connectivity index (χ0n) is 11.7. The number of ether oxygens (including phenoxy) is 2. The van der Waals surface area contributed by atoms with Gasteiger partial charge in [0.2, 0.25) is 0 Å². The Balaban J connectivity index is 1.51. The summed E-state index contributed by atoms with van der Waals surface area (Å²) in [5.41, 5.74) is 0.339. The third-order valence-corrected chi connectivity index (χ3v) is 3.43. The Morgan fingerprint density at radius 2 is 1.86 bits per heavy atom. The molecular weight excluding hydrogens is 303 g/mol. The molecule has 0 aliphatic carbocycles. The highest BCUT2D eigenvalue weighted by Gasteiger charge is 2.20. The van der Waals surface area contributed by atoms with Gasteiger partial charge in [-0.3, -0.25) is 0 Å². The number of rotatable bonds is 3. The monoisotopic (exact) mass is 318 g/mol. The molecule has 4 nitrogen and oxygen atoms in total. The lowest BCUT2D eigenvalue weighted by molar-refractivity contribution is 0.0939. The number of halogens is 1. The second kappa shape index (κ2) is 6.62. The van der Waals surface area contributed by atoms with Crippen molar-refractivity contribution in [3.8, 4) is 11.5 Å². The maximum Gasteiger partial charge on any atom is 0.170 e. The van der Waals surface area contributed by atoms with Crippen molar-refractivity contribution in [2.24, 2.45) is 0 Å². The van der Waals surface area contributed by atoms with Crippen LogP contribution >= 0.6 is 12.2 Å². The average molecular weight is 318 g/mol. The van der Waals surface area contributed by atoms with E-state index in [4.69, 9.17) is 21.7 Å². The Morgan fingerprint density at radius 3 is 2.68 bits per heavy atom. The number of hydrogen-bond donors (Lipinski definition) is 2. The van der Waals surface area contributed by atoms with E-state index in [0.29, 0.717) is 29.7 Å². The number of para-hydroxylation sites is 3. The second-order valence-electron chi connectivity index (χ2n) is 4.81. The molecule has 0 radical (unpaired) electrons. The predicted octanol–water partition coefficient (Wildman–Crippen LogP) is 2.95. The SMILES string of the molecule is Fc1ccccc1NC(=S)NCC1COc2ccccc2O1. The van der Waals surface area contributed by atoms with Crippen LogP contribution in [0.1, 0.15) is 0 Å². The molecule has 0 spiro atoms. The number of nitrogens with one attached hydrogen (secondary N) is 2. The van der Waals surface area contributed by atoms with Crippen molar-refractivity contribution in [3.05, 3.63) is 54.3 Å². The standard InChI is InChI=1S/C16H15FN2O2S/c17-12-5-1-2-6-13(12)19-16(22)18-9-11-10-20-14-7-3-4-8-15(14)21-11/h1-8,11H,9-10H2,(H2,18,19,22). The minimum atomic E-state index is -0.349. The minimum absolute atomic E-state index is 0.157. The molecule has 0 saturated carbocycles. The maximum absolute atomic E-state index is 13.5. The van der Waals surface area contributed by atoms with Crippen LogP contribution in [0, 0.1) is 5.82 Å². The summed E-state index contributed by atoms with van der Waals surface area (Å²) in [4.78, 5) is 0. The lowest BCUT2D eigenvalue weighted by Gasteiger charge is -2.27. The molecule has 2 aromatic rings. The Morgan fingerprint density at radius 1 is 1.14 bits per heavy atom. The quantitative estimate of drug-likeness (QED) is 0.852. The van der Waals surface area contributed by atoms with Gasteiger partial charge in [0, 0.05) is 0 Å². The molecule has 0 aromatic heterocycles. The second-order valence-corrected chi connectivity index (χ2v) is 5.22. The Labute approximate surface area is 133 Å². The number of anilines is 1. The van der Waals surface area contributed by atoms with E-state index in [2.05, 4.69) is 10.6 Å². The molecule has 0 saturated heterocycles. The minimum Gasteiger partial charge on any atom is -0.486 e. The smallest absolute Gasteiger partial charge is 0.170 e. The molecule has 2 N–H and O–H groups in total. The van der Waals surface area contributed by atoms with Gasteiger partial charge >= 0.3 is 0 Å². The fraction of sp³-hybridized carbons (Fsp3) is 0.188. The van der Waals surface area contributed by atoms with E-state index in [-0.39, 0.29) is 11.9 Å². The van der Waals surface area contributed by atoms with Gasteiger partial charge in [-0.2, -0.15) is 0 Å². The van der Waals surface area contributed by atoms with Gasteiger partial charge in [0.25, 0.3) is 0 Å². The van der Waals surface area contributed by atoms with Crippen LogP contribution in [0.15, 0.2) is 48.5 Å². The van der Waals surface area contributed by atoms with Crippen LogP contribution in [0.25, 0.3) is 0 Å². The van der Waals surface area contributed by atoms with E-state index in [9.17, 15) is 4.39 Å². The van der Waals surface area contributed by atoms with Gasteiger partial charge in [-0.15, -0.1) is 0 Å². The number of fused-ring (bicyclic) bond motifs is 1. The Bertz CT molecular complexity index is 681. The molecule has 114 valence electrons. The van der Waals surface area contributed by atoms with Crippen LogP contribution in [-0.4, -0.2) is 24.4 Å². The fourth-order valence-electron chi connectivity index (χ4n) is 2.10. The molecule has 0 bridgehead atoms. The highest BCUT2D eigenvalue weighted by Crippen LogP contribution is 2.30. The van der Waals surface area contributed by atoms with Crippen molar-refractivity contribution in [3.63, 3.8) is 0 Å². The number of benzene rings is 2. The van der Waals surface area contributed by atoms with E-state index >= 15 is 0 Å². The van der Waals surface area contributed by atoms with Crippen LogP contribution in [0.4, 0.5) is 10.1 Å².